The van der Waals surface area contributed by atoms with E-state index in [1.54, 1.807) is 0 Å². The lowest BCUT2D eigenvalue weighted by atomic mass is 10.1. The van der Waals surface area contributed by atoms with Gasteiger partial charge in [-0.2, -0.15) is 0 Å². The number of alkyl halides is 3. The second-order valence-corrected chi connectivity index (χ2v) is 2.93. The van der Waals surface area contributed by atoms with E-state index in [1.807, 2.05) is 0 Å². The van der Waals surface area contributed by atoms with E-state index < -0.39 is 28.4 Å². The van der Waals surface area contributed by atoms with Gasteiger partial charge in [0.25, 0.3) is 0 Å². The summed E-state index contributed by atoms with van der Waals surface area (Å²) in [4.78, 5) is 23.2. The Balaban J connectivity index is 3.41. The van der Waals surface area contributed by atoms with E-state index in [9.17, 15) is 28.1 Å². The summed E-state index contributed by atoms with van der Waals surface area (Å²) in [6.07, 6.45) is -4.15. The van der Waals surface area contributed by atoms with E-state index in [2.05, 4.69) is 9.72 Å². The predicted molar refractivity (Wildman–Crippen MR) is 47.7 cm³/mol. The summed E-state index contributed by atoms with van der Waals surface area (Å²) >= 11 is 0. The van der Waals surface area contributed by atoms with Crippen LogP contribution in [0.1, 0.15) is 15.9 Å². The quantitative estimate of drug-likeness (QED) is 0.465. The predicted octanol–water partition coefficient (Wildman–Crippen LogP) is 2.01. The molecule has 0 unspecified atom stereocenters. The van der Waals surface area contributed by atoms with Crippen molar-refractivity contribution in [2.75, 3.05) is 0 Å². The number of rotatable bonds is 3. The number of aryl methyl sites for hydroxylation is 1. The maximum Gasteiger partial charge on any atom is 0.574 e. The zero-order valence-corrected chi connectivity index (χ0v) is 8.32. The van der Waals surface area contributed by atoms with Crippen LogP contribution in [0.2, 0.25) is 0 Å². The van der Waals surface area contributed by atoms with Crippen molar-refractivity contribution in [1.29, 1.82) is 0 Å². The first-order valence-corrected chi connectivity index (χ1v) is 4.11. The number of nitrogens with zero attached hydrogens (tertiary/aromatic N) is 2. The van der Waals surface area contributed by atoms with E-state index in [1.165, 1.54) is 6.92 Å². The van der Waals surface area contributed by atoms with Gasteiger partial charge in [-0.15, -0.1) is 13.2 Å². The van der Waals surface area contributed by atoms with E-state index in [0.717, 1.165) is 6.20 Å². The van der Waals surface area contributed by atoms with Gasteiger partial charge in [-0.25, -0.2) is 4.98 Å². The maximum absolute atomic E-state index is 11.9. The van der Waals surface area contributed by atoms with Crippen LogP contribution in [-0.2, 0) is 0 Å². The number of aromatic nitrogens is 1. The van der Waals surface area contributed by atoms with Crippen LogP contribution in [0.15, 0.2) is 6.20 Å². The molecule has 0 saturated heterocycles. The topological polar surface area (TPSA) is 82.3 Å². The van der Waals surface area contributed by atoms with E-state index >= 15 is 0 Å². The molecule has 1 aromatic heterocycles. The van der Waals surface area contributed by atoms with Crippen LogP contribution in [-0.4, -0.2) is 22.6 Å². The molecule has 0 aliphatic heterocycles. The van der Waals surface area contributed by atoms with Crippen molar-refractivity contribution >= 4 is 12.0 Å². The number of pyridine rings is 1. The van der Waals surface area contributed by atoms with Crippen molar-refractivity contribution in [3.63, 3.8) is 0 Å². The first-order valence-electron chi connectivity index (χ1n) is 4.11. The Bertz CT molecular complexity index is 473. The lowest BCUT2D eigenvalue weighted by Crippen LogP contribution is -2.19. The Hall–Kier alpha value is -2.19. The number of hydrogen-bond acceptors (Lipinski definition) is 5. The molecule has 1 rings (SSSR count). The molecule has 0 fully saturated rings. The number of hydrogen-bond donors (Lipinski definition) is 0. The molecule has 0 spiro atoms. The average Bonchev–Trinajstić information content (AvgIpc) is 2.17. The molecule has 0 atom stereocenters. The molecule has 0 aliphatic rings. The summed E-state index contributed by atoms with van der Waals surface area (Å²) < 4.78 is 39.2. The largest absolute Gasteiger partial charge is 0.574 e. The van der Waals surface area contributed by atoms with Gasteiger partial charge < -0.3 is 4.74 Å². The summed E-state index contributed by atoms with van der Waals surface area (Å²) in [6.45, 7) is 1.31. The summed E-state index contributed by atoms with van der Waals surface area (Å²) in [5.74, 6) is -1.25. The van der Waals surface area contributed by atoms with Gasteiger partial charge in [0.05, 0.1) is 4.92 Å². The smallest absolute Gasteiger partial charge is 0.381 e. The molecule has 1 aromatic rings. The van der Waals surface area contributed by atoms with Crippen LogP contribution >= 0.6 is 0 Å². The summed E-state index contributed by atoms with van der Waals surface area (Å²) in [5.41, 5.74) is -1.51. The summed E-state index contributed by atoms with van der Waals surface area (Å²) in [6, 6.07) is 0. The van der Waals surface area contributed by atoms with E-state index in [4.69, 9.17) is 0 Å². The minimum atomic E-state index is -5.12. The standard InChI is InChI=1S/C8H5F3N2O4/c1-4-2-12-7(17-8(9,10)11)6(13(15)16)5(4)3-14/h2-3H,1H3. The Kier molecular flexibility index (Phi) is 3.30. The highest BCUT2D eigenvalue weighted by Gasteiger charge is 2.37. The maximum atomic E-state index is 11.9. The van der Waals surface area contributed by atoms with Crippen LogP contribution in [0.3, 0.4) is 0 Å². The zero-order valence-electron chi connectivity index (χ0n) is 8.32. The number of ether oxygens (including phenoxy) is 1. The molecule has 0 N–H and O–H groups in total. The Labute approximate surface area is 92.2 Å². The number of aldehydes is 1. The molecule has 1 heterocycles. The van der Waals surface area contributed by atoms with Crippen LogP contribution in [0, 0.1) is 17.0 Å². The van der Waals surface area contributed by atoms with Gasteiger partial charge in [-0.05, 0) is 12.5 Å². The third kappa shape index (κ3) is 2.89. The van der Waals surface area contributed by atoms with Gasteiger partial charge in [0.2, 0.25) is 0 Å². The van der Waals surface area contributed by atoms with Crippen LogP contribution in [0.5, 0.6) is 5.88 Å². The SMILES string of the molecule is Cc1cnc(OC(F)(F)F)c([N+](=O)[O-])c1C=O. The zero-order chi connectivity index (χ0) is 13.2. The van der Waals surface area contributed by atoms with Gasteiger partial charge in [0.15, 0.2) is 6.29 Å². The van der Waals surface area contributed by atoms with Crippen molar-refractivity contribution in [3.8, 4) is 5.88 Å². The Morgan fingerprint density at radius 1 is 1.53 bits per heavy atom. The minimum Gasteiger partial charge on any atom is -0.381 e. The summed E-state index contributed by atoms with van der Waals surface area (Å²) in [5, 5.41) is 10.6. The van der Waals surface area contributed by atoms with Crippen molar-refractivity contribution in [1.82, 2.24) is 4.98 Å². The molecule has 0 bridgehead atoms. The van der Waals surface area contributed by atoms with Crippen molar-refractivity contribution < 1.29 is 27.6 Å². The van der Waals surface area contributed by atoms with Crippen LogP contribution in [0.4, 0.5) is 18.9 Å². The monoisotopic (exact) mass is 250 g/mol. The molecule has 0 aliphatic carbocycles. The number of halogens is 3. The first-order chi connectivity index (χ1) is 7.76. The molecular weight excluding hydrogens is 245 g/mol. The summed E-state index contributed by atoms with van der Waals surface area (Å²) in [7, 11) is 0. The first kappa shape index (κ1) is 12.9. The fraction of sp³-hybridized carbons (Fsp3) is 0.250. The Morgan fingerprint density at radius 3 is 2.53 bits per heavy atom. The second-order valence-electron chi connectivity index (χ2n) is 2.93. The second kappa shape index (κ2) is 4.36. The van der Waals surface area contributed by atoms with Crippen LogP contribution in [0.25, 0.3) is 0 Å². The molecule has 0 radical (unpaired) electrons. The normalized spacial score (nSPS) is 11.1. The lowest BCUT2D eigenvalue weighted by Gasteiger charge is -2.09. The number of nitro groups is 1. The highest BCUT2D eigenvalue weighted by atomic mass is 19.4. The van der Waals surface area contributed by atoms with Gasteiger partial charge in [-0.3, -0.25) is 14.9 Å². The molecular formula is C8H5F3N2O4. The molecule has 92 valence electrons. The lowest BCUT2D eigenvalue weighted by molar-refractivity contribution is -0.389. The van der Waals surface area contributed by atoms with Crippen molar-refractivity contribution in [3.05, 3.63) is 27.4 Å². The average molecular weight is 250 g/mol. The van der Waals surface area contributed by atoms with Crippen LogP contribution < -0.4 is 4.74 Å². The van der Waals surface area contributed by atoms with Gasteiger partial charge in [0, 0.05) is 6.20 Å². The molecule has 17 heavy (non-hydrogen) atoms. The van der Waals surface area contributed by atoms with E-state index in [-0.39, 0.29) is 11.8 Å². The molecule has 6 nitrogen and oxygen atoms in total. The van der Waals surface area contributed by atoms with Gasteiger partial charge in [0.1, 0.15) is 5.56 Å². The fourth-order valence-corrected chi connectivity index (χ4v) is 1.10. The number of carbonyl (C=O) groups is 1. The molecule has 0 amide bonds. The van der Waals surface area contributed by atoms with Crippen molar-refractivity contribution in [2.45, 2.75) is 13.3 Å². The highest BCUT2D eigenvalue weighted by Crippen LogP contribution is 2.33. The minimum absolute atomic E-state index is 0.0817. The molecule has 0 aromatic carbocycles. The fourth-order valence-electron chi connectivity index (χ4n) is 1.10. The van der Waals surface area contributed by atoms with Crippen molar-refractivity contribution in [2.24, 2.45) is 0 Å². The van der Waals surface area contributed by atoms with Gasteiger partial charge in [-0.1, -0.05) is 0 Å². The molecule has 9 heteroatoms. The Morgan fingerprint density at radius 2 is 2.12 bits per heavy atom. The molecule has 0 saturated carbocycles. The van der Waals surface area contributed by atoms with Gasteiger partial charge >= 0.3 is 17.9 Å². The third-order valence-corrected chi connectivity index (χ3v) is 1.77. The van der Waals surface area contributed by atoms with E-state index in [0.29, 0.717) is 0 Å². The highest BCUT2D eigenvalue weighted by molar-refractivity contribution is 5.84. The number of carbonyl (C=O) groups excluding carboxylic acids is 1. The third-order valence-electron chi connectivity index (χ3n) is 1.77.